The van der Waals surface area contributed by atoms with E-state index in [1.165, 1.54) is 14.9 Å². The molecular formula is C14H16BrNOS. The minimum atomic E-state index is 0.658. The molecule has 18 heavy (non-hydrogen) atoms. The molecule has 0 atom stereocenters. The molecule has 0 saturated heterocycles. The van der Waals surface area contributed by atoms with Gasteiger partial charge in [0.15, 0.2) is 0 Å². The topological polar surface area (TPSA) is 21.3 Å². The third-order valence-electron chi connectivity index (χ3n) is 2.61. The Balaban J connectivity index is 2.02. The number of para-hydroxylation sites is 1. The summed E-state index contributed by atoms with van der Waals surface area (Å²) in [6.45, 7) is 4.25. The number of ether oxygens (including phenoxy) is 1. The van der Waals surface area contributed by atoms with Crippen LogP contribution in [0.15, 0.2) is 40.2 Å². The molecule has 0 aliphatic carbocycles. The van der Waals surface area contributed by atoms with Crippen LogP contribution in [0.4, 0.5) is 5.69 Å². The van der Waals surface area contributed by atoms with Gasteiger partial charge in [-0.25, -0.2) is 0 Å². The Kier molecular flexibility index (Phi) is 5.23. The van der Waals surface area contributed by atoms with Crippen LogP contribution in [0.1, 0.15) is 17.4 Å². The van der Waals surface area contributed by atoms with Crippen LogP contribution in [0.2, 0.25) is 0 Å². The molecule has 2 nitrogen and oxygen atoms in total. The van der Waals surface area contributed by atoms with Crippen LogP contribution in [0, 0.1) is 0 Å². The van der Waals surface area contributed by atoms with Gasteiger partial charge in [-0.15, -0.1) is 11.3 Å². The van der Waals surface area contributed by atoms with Gasteiger partial charge in [0.2, 0.25) is 0 Å². The van der Waals surface area contributed by atoms with Gasteiger partial charge in [-0.1, -0.05) is 18.2 Å². The third-order valence-corrected chi connectivity index (χ3v) is 4.54. The molecule has 2 aromatic rings. The zero-order valence-electron chi connectivity index (χ0n) is 10.3. The predicted molar refractivity (Wildman–Crippen MR) is 81.1 cm³/mol. The Morgan fingerprint density at radius 1 is 1.28 bits per heavy atom. The summed E-state index contributed by atoms with van der Waals surface area (Å²) < 4.78 is 6.64. The van der Waals surface area contributed by atoms with Crippen molar-refractivity contribution in [2.24, 2.45) is 0 Å². The molecule has 0 aliphatic heterocycles. The number of halogens is 1. The predicted octanol–water partition coefficient (Wildman–Crippen LogP) is 4.66. The number of rotatable bonds is 6. The highest BCUT2D eigenvalue weighted by molar-refractivity contribution is 9.10. The van der Waals surface area contributed by atoms with Crippen molar-refractivity contribution in [3.05, 3.63) is 50.6 Å². The molecule has 1 aromatic carbocycles. The van der Waals surface area contributed by atoms with E-state index in [9.17, 15) is 0 Å². The summed E-state index contributed by atoms with van der Waals surface area (Å²) >= 11 is 5.30. The zero-order valence-corrected chi connectivity index (χ0v) is 12.7. The van der Waals surface area contributed by atoms with Crippen LogP contribution in [0.5, 0.6) is 0 Å². The number of benzene rings is 1. The lowest BCUT2D eigenvalue weighted by Crippen LogP contribution is -2.02. The first-order valence-corrected chi connectivity index (χ1v) is 7.60. The number of nitrogens with one attached hydrogen (secondary N) is 1. The van der Waals surface area contributed by atoms with Crippen molar-refractivity contribution in [2.75, 3.05) is 11.9 Å². The quantitative estimate of drug-likeness (QED) is 0.834. The van der Waals surface area contributed by atoms with Crippen molar-refractivity contribution in [1.29, 1.82) is 0 Å². The number of hydrogen-bond acceptors (Lipinski definition) is 3. The molecule has 1 heterocycles. The van der Waals surface area contributed by atoms with E-state index >= 15 is 0 Å². The minimum absolute atomic E-state index is 0.658. The Hall–Kier alpha value is -0.840. The maximum absolute atomic E-state index is 5.47. The van der Waals surface area contributed by atoms with Crippen molar-refractivity contribution in [3.8, 4) is 0 Å². The highest BCUT2D eigenvalue weighted by Crippen LogP contribution is 2.24. The van der Waals surface area contributed by atoms with Gasteiger partial charge in [-0.3, -0.25) is 0 Å². The van der Waals surface area contributed by atoms with Crippen LogP contribution in [0.25, 0.3) is 0 Å². The maximum Gasteiger partial charge on any atom is 0.0736 e. The van der Waals surface area contributed by atoms with E-state index in [-0.39, 0.29) is 0 Å². The molecule has 0 fully saturated rings. The van der Waals surface area contributed by atoms with E-state index < -0.39 is 0 Å². The highest BCUT2D eigenvalue weighted by atomic mass is 79.9. The van der Waals surface area contributed by atoms with Crippen molar-refractivity contribution >= 4 is 33.0 Å². The van der Waals surface area contributed by atoms with E-state index in [4.69, 9.17) is 4.74 Å². The Morgan fingerprint density at radius 2 is 2.11 bits per heavy atom. The molecular weight excluding hydrogens is 310 g/mol. The molecule has 96 valence electrons. The zero-order chi connectivity index (χ0) is 12.8. The summed E-state index contributed by atoms with van der Waals surface area (Å²) in [7, 11) is 0. The van der Waals surface area contributed by atoms with Crippen LogP contribution in [-0.2, 0) is 17.9 Å². The van der Waals surface area contributed by atoms with E-state index in [1.54, 1.807) is 11.3 Å². The molecule has 0 amide bonds. The molecule has 0 saturated carbocycles. The van der Waals surface area contributed by atoms with Gasteiger partial charge in [0.25, 0.3) is 0 Å². The van der Waals surface area contributed by atoms with Crippen molar-refractivity contribution in [3.63, 3.8) is 0 Å². The molecule has 0 unspecified atom stereocenters. The average molecular weight is 326 g/mol. The summed E-state index contributed by atoms with van der Waals surface area (Å²) in [6.07, 6.45) is 0. The van der Waals surface area contributed by atoms with Crippen molar-refractivity contribution in [2.45, 2.75) is 20.1 Å². The van der Waals surface area contributed by atoms with E-state index in [1.807, 2.05) is 19.1 Å². The molecule has 1 N–H and O–H groups in total. The number of hydrogen-bond donors (Lipinski definition) is 1. The summed E-state index contributed by atoms with van der Waals surface area (Å²) in [4.78, 5) is 1.31. The number of anilines is 1. The second-order valence-corrected chi connectivity index (χ2v) is 5.69. The lowest BCUT2D eigenvalue weighted by Gasteiger charge is -2.11. The molecule has 0 radical (unpaired) electrons. The van der Waals surface area contributed by atoms with Gasteiger partial charge >= 0.3 is 0 Å². The van der Waals surface area contributed by atoms with Gasteiger partial charge in [-0.05, 0) is 40.4 Å². The molecule has 0 bridgehead atoms. The maximum atomic E-state index is 5.47. The number of thiophene rings is 1. The monoisotopic (exact) mass is 325 g/mol. The average Bonchev–Trinajstić information content (AvgIpc) is 2.80. The second kappa shape index (κ2) is 6.92. The standard InChI is InChI=1S/C14H16BrNOS/c1-2-17-10-11-5-3-4-6-13(11)16-9-14-12(15)7-8-18-14/h3-8,16H,2,9-10H2,1H3. The van der Waals surface area contributed by atoms with Gasteiger partial charge in [0, 0.05) is 27.2 Å². The first-order chi connectivity index (χ1) is 8.81. The fourth-order valence-electron chi connectivity index (χ4n) is 1.66. The molecule has 1 aromatic heterocycles. The lowest BCUT2D eigenvalue weighted by molar-refractivity contribution is 0.134. The van der Waals surface area contributed by atoms with Gasteiger partial charge in [0.05, 0.1) is 13.2 Å². The fourth-order valence-corrected chi connectivity index (χ4v) is 3.09. The summed E-state index contributed by atoms with van der Waals surface area (Å²) in [5.74, 6) is 0. The summed E-state index contributed by atoms with van der Waals surface area (Å²) in [6, 6.07) is 10.4. The van der Waals surface area contributed by atoms with Crippen LogP contribution >= 0.6 is 27.3 Å². The van der Waals surface area contributed by atoms with Gasteiger partial charge in [0.1, 0.15) is 0 Å². The Bertz CT molecular complexity index is 498. The molecule has 0 aliphatic rings. The molecule has 4 heteroatoms. The fraction of sp³-hybridized carbons (Fsp3) is 0.286. The summed E-state index contributed by atoms with van der Waals surface area (Å²) in [5.41, 5.74) is 2.35. The second-order valence-electron chi connectivity index (χ2n) is 3.84. The van der Waals surface area contributed by atoms with E-state index in [0.717, 1.165) is 18.8 Å². The van der Waals surface area contributed by atoms with Crippen LogP contribution < -0.4 is 5.32 Å². The first-order valence-electron chi connectivity index (χ1n) is 5.92. The van der Waals surface area contributed by atoms with E-state index in [2.05, 4.69) is 44.8 Å². The van der Waals surface area contributed by atoms with Crippen LogP contribution in [0.3, 0.4) is 0 Å². The van der Waals surface area contributed by atoms with Gasteiger partial charge in [-0.2, -0.15) is 0 Å². The third kappa shape index (κ3) is 3.57. The minimum Gasteiger partial charge on any atom is -0.380 e. The van der Waals surface area contributed by atoms with Crippen molar-refractivity contribution in [1.82, 2.24) is 0 Å². The van der Waals surface area contributed by atoms with Crippen molar-refractivity contribution < 1.29 is 4.74 Å². The molecule has 0 spiro atoms. The Morgan fingerprint density at radius 3 is 2.83 bits per heavy atom. The largest absolute Gasteiger partial charge is 0.380 e. The normalized spacial score (nSPS) is 10.6. The SMILES string of the molecule is CCOCc1ccccc1NCc1sccc1Br. The van der Waals surface area contributed by atoms with Gasteiger partial charge < -0.3 is 10.1 Å². The Labute approximate surface area is 120 Å². The van der Waals surface area contributed by atoms with E-state index in [0.29, 0.717) is 6.61 Å². The summed E-state index contributed by atoms with van der Waals surface area (Å²) in [5, 5.41) is 5.56. The van der Waals surface area contributed by atoms with Crippen LogP contribution in [-0.4, -0.2) is 6.61 Å². The lowest BCUT2D eigenvalue weighted by atomic mass is 10.2. The first kappa shape index (κ1) is 13.6. The highest BCUT2D eigenvalue weighted by Gasteiger charge is 2.04. The smallest absolute Gasteiger partial charge is 0.0736 e. The molecule has 2 rings (SSSR count).